The molecule has 0 amide bonds. The van der Waals surface area contributed by atoms with Gasteiger partial charge in [-0.05, 0) is 28.1 Å². The van der Waals surface area contributed by atoms with Gasteiger partial charge in [-0.2, -0.15) is 0 Å². The molecule has 0 saturated heterocycles. The Morgan fingerprint density at radius 3 is 2.54 bits per heavy atom. The summed E-state index contributed by atoms with van der Waals surface area (Å²) in [5.74, 6) is 0.633. The molecule has 0 spiro atoms. The number of benzene rings is 1. The van der Waals surface area contributed by atoms with Gasteiger partial charge < -0.3 is 10.5 Å². The van der Waals surface area contributed by atoms with Crippen LogP contribution in [0.4, 0.5) is 14.6 Å². The summed E-state index contributed by atoms with van der Waals surface area (Å²) >= 11 is 15.4. The number of alkyl halides is 2. The third kappa shape index (κ3) is 3.24. The minimum atomic E-state index is -2.64. The van der Waals surface area contributed by atoms with Crippen molar-refractivity contribution in [3.63, 3.8) is 0 Å². The average Bonchev–Trinajstić information content (AvgIpc) is 2.88. The predicted octanol–water partition coefficient (Wildman–Crippen LogP) is 4.06. The number of halogens is 5. The van der Waals surface area contributed by atoms with E-state index in [1.54, 1.807) is 4.57 Å². The summed E-state index contributed by atoms with van der Waals surface area (Å²) in [5, 5.41) is 0.156. The molecule has 0 atom stereocenters. The molecule has 2 N–H and O–H groups in total. The van der Waals surface area contributed by atoms with Crippen LogP contribution in [0.3, 0.4) is 0 Å². The zero-order chi connectivity index (χ0) is 17.4. The normalized spacial score (nSPS) is 11.4. The van der Waals surface area contributed by atoms with E-state index < -0.39 is 13.0 Å². The van der Waals surface area contributed by atoms with Crippen molar-refractivity contribution in [2.45, 2.75) is 6.43 Å². The molecule has 0 bridgehead atoms. The first-order valence-corrected chi connectivity index (χ1v) is 7.98. The van der Waals surface area contributed by atoms with E-state index in [1.165, 1.54) is 18.5 Å². The van der Waals surface area contributed by atoms with Crippen LogP contribution in [0.15, 0.2) is 23.2 Å². The average molecular weight is 439 g/mol. The van der Waals surface area contributed by atoms with E-state index in [1.807, 2.05) is 0 Å². The maximum atomic E-state index is 12.3. The maximum Gasteiger partial charge on any atom is 0.272 e. The molecule has 24 heavy (non-hydrogen) atoms. The van der Waals surface area contributed by atoms with E-state index in [9.17, 15) is 8.78 Å². The minimum Gasteiger partial charge on any atom is -0.484 e. The first-order valence-electron chi connectivity index (χ1n) is 6.43. The van der Waals surface area contributed by atoms with Gasteiger partial charge in [0.1, 0.15) is 12.9 Å². The third-order valence-corrected chi connectivity index (χ3v) is 3.93. The van der Waals surface area contributed by atoms with Crippen LogP contribution >= 0.6 is 39.1 Å². The van der Waals surface area contributed by atoms with E-state index in [0.29, 0.717) is 21.9 Å². The molecule has 2 heterocycles. The third-order valence-electron chi connectivity index (χ3n) is 3.01. The number of hydrogen-bond acceptors (Lipinski definition) is 5. The van der Waals surface area contributed by atoms with Crippen molar-refractivity contribution < 1.29 is 13.5 Å². The minimum absolute atomic E-state index is 0.0163. The Balaban J connectivity index is 2.07. The van der Waals surface area contributed by atoms with Gasteiger partial charge in [0.15, 0.2) is 27.8 Å². The summed E-state index contributed by atoms with van der Waals surface area (Å²) < 4.78 is 31.4. The summed E-state index contributed by atoms with van der Waals surface area (Å²) in [4.78, 5) is 12.4. The van der Waals surface area contributed by atoms with Crippen molar-refractivity contribution in [3.05, 3.63) is 33.2 Å². The van der Waals surface area contributed by atoms with Gasteiger partial charge in [-0.1, -0.05) is 23.2 Å². The lowest BCUT2D eigenvalue weighted by molar-refractivity contribution is 0.0820. The second kappa shape index (κ2) is 6.66. The van der Waals surface area contributed by atoms with Crippen molar-refractivity contribution in [2.24, 2.45) is 0 Å². The zero-order valence-corrected chi connectivity index (χ0v) is 14.8. The molecule has 2 aliphatic heterocycles. The molecule has 0 aliphatic carbocycles. The molecule has 3 rings (SSSR count). The Bertz CT molecular complexity index is 853. The number of aromatic nitrogens is 4. The fourth-order valence-electron chi connectivity index (χ4n) is 2.04. The Hall–Kier alpha value is -1.71. The van der Waals surface area contributed by atoms with Crippen LogP contribution in [0.1, 0.15) is 0 Å². The highest BCUT2D eigenvalue weighted by atomic mass is 79.9. The van der Waals surface area contributed by atoms with Gasteiger partial charge in [0.25, 0.3) is 6.43 Å². The van der Waals surface area contributed by atoms with Crippen LogP contribution in [-0.2, 0) is 0 Å². The number of ether oxygens (including phenoxy) is 1. The van der Waals surface area contributed by atoms with Crippen molar-refractivity contribution in [1.82, 2.24) is 19.5 Å². The topological polar surface area (TPSA) is 78.8 Å². The molecule has 0 radical (unpaired) electrons. The summed E-state index contributed by atoms with van der Waals surface area (Å²) in [6.07, 6.45) is -1.20. The Morgan fingerprint density at radius 1 is 1.25 bits per heavy atom. The highest BCUT2D eigenvalue weighted by molar-refractivity contribution is 9.10. The summed E-state index contributed by atoms with van der Waals surface area (Å²) in [6, 6.07) is 2.99. The van der Waals surface area contributed by atoms with Gasteiger partial charge in [0, 0.05) is 0 Å². The van der Waals surface area contributed by atoms with Crippen molar-refractivity contribution in [2.75, 3.05) is 12.3 Å². The molecule has 0 aromatic heterocycles. The summed E-state index contributed by atoms with van der Waals surface area (Å²) in [7, 11) is 0. The molecule has 1 aromatic carbocycles. The number of nitrogen functional groups attached to an aromatic ring is 1. The van der Waals surface area contributed by atoms with E-state index in [0.717, 1.165) is 0 Å². The number of imidazole rings is 1. The van der Waals surface area contributed by atoms with Gasteiger partial charge in [0.05, 0.1) is 15.7 Å². The van der Waals surface area contributed by atoms with E-state index >= 15 is 0 Å². The van der Waals surface area contributed by atoms with E-state index in [4.69, 9.17) is 33.7 Å². The van der Waals surface area contributed by atoms with Crippen LogP contribution in [-0.4, -0.2) is 32.6 Å². The Morgan fingerprint density at radius 2 is 1.92 bits per heavy atom. The molecule has 11 heteroatoms. The number of rotatable bonds is 4. The van der Waals surface area contributed by atoms with Crippen LogP contribution in [0.25, 0.3) is 17.2 Å². The Labute approximate surface area is 153 Å². The SMILES string of the molecule is Nc1ncn(-c2cc(Cl)c(OCC(F)F)c(Cl)c2)c2nc(Br)nc1-2. The van der Waals surface area contributed by atoms with Gasteiger partial charge in [0.2, 0.25) is 0 Å². The fourth-order valence-corrected chi connectivity index (χ4v) is 2.97. The maximum absolute atomic E-state index is 12.3. The first-order chi connectivity index (χ1) is 11.4. The molecule has 2 aliphatic rings. The van der Waals surface area contributed by atoms with Gasteiger partial charge in [-0.25, -0.2) is 23.7 Å². The second-order valence-electron chi connectivity index (χ2n) is 4.61. The largest absolute Gasteiger partial charge is 0.484 e. The standard InChI is InChI=1S/C13H8BrCl2F2N5O/c14-13-21-9-11(19)20-4-23(12(9)22-13)5-1-6(15)10(7(16)2-5)24-3-8(17)18/h1-2,4,8H,3,19H2. The van der Waals surface area contributed by atoms with E-state index in [-0.39, 0.29) is 21.6 Å². The van der Waals surface area contributed by atoms with Gasteiger partial charge in [-0.3, -0.25) is 4.57 Å². The second-order valence-corrected chi connectivity index (χ2v) is 6.13. The smallest absolute Gasteiger partial charge is 0.272 e. The van der Waals surface area contributed by atoms with Crippen LogP contribution in [0.2, 0.25) is 10.0 Å². The number of nitrogens with zero attached hydrogens (tertiary/aromatic N) is 4. The lowest BCUT2D eigenvalue weighted by atomic mass is 10.2. The number of fused-ring (bicyclic) bond motifs is 1. The predicted molar refractivity (Wildman–Crippen MR) is 89.4 cm³/mol. The van der Waals surface area contributed by atoms with Crippen LogP contribution < -0.4 is 10.5 Å². The molecule has 6 nitrogen and oxygen atoms in total. The lowest BCUT2D eigenvalue weighted by Gasteiger charge is -2.15. The number of nitrogens with two attached hydrogens (primary N) is 1. The summed E-state index contributed by atoms with van der Waals surface area (Å²) in [6.45, 7) is -0.805. The van der Waals surface area contributed by atoms with Crippen LogP contribution in [0.5, 0.6) is 5.75 Å². The van der Waals surface area contributed by atoms with Crippen molar-refractivity contribution >= 4 is 44.9 Å². The quantitative estimate of drug-likeness (QED) is 0.621. The zero-order valence-electron chi connectivity index (χ0n) is 11.7. The summed E-state index contributed by atoms with van der Waals surface area (Å²) in [5.41, 5.74) is 6.67. The molecular weight excluding hydrogens is 431 g/mol. The number of hydrogen-bond donors (Lipinski definition) is 1. The number of anilines is 1. The Kier molecular flexibility index (Phi) is 4.75. The molecule has 1 aromatic rings. The first kappa shape index (κ1) is 17.1. The van der Waals surface area contributed by atoms with Crippen LogP contribution in [0, 0.1) is 0 Å². The van der Waals surface area contributed by atoms with Crippen molar-refractivity contribution in [3.8, 4) is 23.0 Å². The monoisotopic (exact) mass is 437 g/mol. The highest BCUT2D eigenvalue weighted by Crippen LogP contribution is 2.37. The lowest BCUT2D eigenvalue weighted by Crippen LogP contribution is -2.09. The highest BCUT2D eigenvalue weighted by Gasteiger charge is 2.20. The van der Waals surface area contributed by atoms with Gasteiger partial charge >= 0.3 is 0 Å². The van der Waals surface area contributed by atoms with E-state index in [2.05, 4.69) is 30.9 Å². The molecule has 0 saturated carbocycles. The molecule has 0 unspecified atom stereocenters. The molecule has 126 valence electrons. The molecule has 0 fully saturated rings. The van der Waals surface area contributed by atoms with Gasteiger partial charge in [-0.15, -0.1) is 0 Å². The van der Waals surface area contributed by atoms with Crippen molar-refractivity contribution in [1.29, 1.82) is 0 Å². The molecular formula is C13H8BrCl2F2N5O. The fraction of sp³-hybridized carbons (Fsp3) is 0.154.